The van der Waals surface area contributed by atoms with Gasteiger partial charge in [0.05, 0.1) is 55.3 Å². The SMILES string of the molecule is CC[C@H](C)[C@@H]([C@@H](CC(=O)N1CCC[C@H]1[C@H](OC)[C@@H](C)C(=O)C[C@@]1(C(=O)N2CCCCO2)C[C@@H]1c1ccccc1)OC)N(C)C(=O)[C@@H](CC(=O)[C@H](C(C)C)N(C)CCCC(=O)O[C@@H](C)CNC(=O)CCCC(=O)ON1C(=O)CCC1=O)C(C)C. The number of hydrogen-bond donors (Lipinski definition) is 1. The van der Waals surface area contributed by atoms with Gasteiger partial charge < -0.3 is 34.2 Å². The Bertz CT molecular complexity index is 2380. The molecule has 6 amide bonds. The van der Waals surface area contributed by atoms with E-state index < -0.39 is 77.4 Å². The molecule has 1 saturated carbocycles. The molecule has 0 aromatic heterocycles. The number of carbonyl (C=O) groups is 10. The smallest absolute Gasteiger partial charge is 0.333 e. The lowest BCUT2D eigenvalue weighted by Gasteiger charge is -2.41. The molecule has 0 spiro atoms. The minimum atomic E-state index is -0.925. The Labute approximate surface area is 491 Å². The van der Waals surface area contributed by atoms with Crippen LogP contribution in [0.3, 0.4) is 0 Å². The molecule has 83 heavy (non-hydrogen) atoms. The Morgan fingerprint density at radius 3 is 2.07 bits per heavy atom. The maximum atomic E-state index is 14.8. The van der Waals surface area contributed by atoms with Gasteiger partial charge in [-0.3, -0.25) is 52.9 Å². The Kier molecular flexibility index (Phi) is 26.3. The number of hydrogen-bond acceptors (Lipinski definition) is 16. The molecule has 0 unspecified atom stereocenters. The fourth-order valence-corrected chi connectivity index (χ4v) is 12.6. The molecule has 11 atom stereocenters. The zero-order valence-electron chi connectivity index (χ0n) is 51.5. The highest BCUT2D eigenvalue weighted by Crippen LogP contribution is 2.63. The Hall–Kier alpha value is -5.64. The number of likely N-dealkylation sites (tertiary alicyclic amines) is 1. The van der Waals surface area contributed by atoms with E-state index >= 15 is 0 Å². The number of amides is 6. The van der Waals surface area contributed by atoms with Crippen molar-refractivity contribution in [1.29, 1.82) is 0 Å². The van der Waals surface area contributed by atoms with Crippen LogP contribution in [0.4, 0.5) is 0 Å². The molecular weight excluding hydrogens is 1070 g/mol. The van der Waals surface area contributed by atoms with Crippen molar-refractivity contribution in [1.82, 2.24) is 30.1 Å². The Morgan fingerprint density at radius 2 is 1.47 bits per heavy atom. The van der Waals surface area contributed by atoms with Crippen molar-refractivity contribution < 1.29 is 71.8 Å². The molecule has 3 saturated heterocycles. The second-order valence-corrected chi connectivity index (χ2v) is 24.3. The molecule has 4 fully saturated rings. The lowest BCUT2D eigenvalue weighted by atomic mass is 9.83. The van der Waals surface area contributed by atoms with Gasteiger partial charge in [-0.1, -0.05) is 85.2 Å². The molecule has 4 aliphatic rings. The first kappa shape index (κ1) is 68.1. The number of imide groups is 1. The summed E-state index contributed by atoms with van der Waals surface area (Å²) in [4.78, 5) is 149. The van der Waals surface area contributed by atoms with Crippen LogP contribution in [-0.4, -0.2) is 181 Å². The molecule has 1 N–H and O–H groups in total. The quantitative estimate of drug-likeness (QED) is 0.0581. The highest BCUT2D eigenvalue weighted by Gasteiger charge is 2.63. The highest BCUT2D eigenvalue weighted by molar-refractivity contribution is 6.01. The highest BCUT2D eigenvalue weighted by atomic mass is 16.7. The number of nitrogens with zero attached hydrogens (tertiary/aromatic N) is 5. The van der Waals surface area contributed by atoms with E-state index in [2.05, 4.69) is 5.32 Å². The lowest BCUT2D eigenvalue weighted by molar-refractivity contribution is -0.203. The first-order chi connectivity index (χ1) is 39.4. The number of likely N-dealkylation sites (N-methyl/N-ethyl adjacent to an activating group) is 2. The summed E-state index contributed by atoms with van der Waals surface area (Å²) in [5.41, 5.74) is 0.0892. The Morgan fingerprint density at radius 1 is 0.795 bits per heavy atom. The molecule has 1 aromatic rings. The van der Waals surface area contributed by atoms with Gasteiger partial charge in [-0.2, -0.15) is 0 Å². The summed E-state index contributed by atoms with van der Waals surface area (Å²) < 4.78 is 17.8. The summed E-state index contributed by atoms with van der Waals surface area (Å²) in [5, 5.41) is 4.59. The fourth-order valence-electron chi connectivity index (χ4n) is 12.6. The summed E-state index contributed by atoms with van der Waals surface area (Å²) >= 11 is 0. The Balaban J connectivity index is 1.14. The van der Waals surface area contributed by atoms with Crippen molar-refractivity contribution in [3.63, 3.8) is 0 Å². The second kappa shape index (κ2) is 32.0. The number of hydroxylamine groups is 4. The average molecular weight is 1170 g/mol. The number of nitrogens with one attached hydrogen (secondary N) is 1. The summed E-state index contributed by atoms with van der Waals surface area (Å²) in [6.07, 6.45) is 2.59. The fraction of sp³-hybridized carbons (Fsp3) is 0.742. The van der Waals surface area contributed by atoms with Crippen molar-refractivity contribution >= 4 is 58.9 Å². The largest absolute Gasteiger partial charge is 0.461 e. The van der Waals surface area contributed by atoms with Crippen molar-refractivity contribution in [2.75, 3.05) is 61.1 Å². The van der Waals surface area contributed by atoms with Crippen LogP contribution in [0.2, 0.25) is 0 Å². The number of esters is 1. The number of Topliss-reactive ketones (excluding diaryl/α,β-unsaturated/α-hetero) is 2. The molecule has 3 aliphatic heterocycles. The first-order valence-electron chi connectivity index (χ1n) is 30.3. The molecule has 0 bridgehead atoms. The molecule has 21 nitrogen and oxygen atoms in total. The number of methoxy groups -OCH3 is 2. The third kappa shape index (κ3) is 18.2. The van der Waals surface area contributed by atoms with Gasteiger partial charge in [-0.25, -0.2) is 9.86 Å². The van der Waals surface area contributed by atoms with Crippen molar-refractivity contribution in [3.8, 4) is 0 Å². The molecule has 464 valence electrons. The van der Waals surface area contributed by atoms with Crippen LogP contribution in [0, 0.1) is 35.0 Å². The first-order valence-corrected chi connectivity index (χ1v) is 30.3. The molecule has 1 aliphatic carbocycles. The van der Waals surface area contributed by atoms with Crippen LogP contribution < -0.4 is 5.32 Å². The van der Waals surface area contributed by atoms with Gasteiger partial charge in [0.2, 0.25) is 17.7 Å². The van der Waals surface area contributed by atoms with Crippen LogP contribution in [0.25, 0.3) is 0 Å². The normalized spacial score (nSPS) is 21.9. The minimum Gasteiger partial charge on any atom is -0.461 e. The standard InChI is InChI=1S/C62H96N6O15/c1-13-41(6)58(50(79-11)35-54(74)66-31-20-24-47(66)59(80-12)43(8)49(70)37-62(61(78)67-32-17-18-33-81-67)36-46(62)44-22-15-14-16-23-44)65(10)60(77)45(39(2)3)34-48(69)57(40(4)5)64(9)30-21-27-55(75)82-42(7)38-63-51(71)25-19-26-56(76)83-68-52(72)28-29-53(68)73/h14-16,22-23,39-43,45-47,50,57-59H,13,17-21,24-38H2,1-12H3,(H,63,71)/t41-,42-,43-,45-,46+,47-,50+,57-,58-,59+,62-/m0/s1. The van der Waals surface area contributed by atoms with Crippen LogP contribution >= 0.6 is 0 Å². The maximum absolute atomic E-state index is 14.8. The molecule has 5 rings (SSSR count). The van der Waals surface area contributed by atoms with E-state index in [1.165, 1.54) is 5.06 Å². The van der Waals surface area contributed by atoms with Crippen LogP contribution in [-0.2, 0) is 71.8 Å². The van der Waals surface area contributed by atoms with E-state index in [9.17, 15) is 47.9 Å². The summed E-state index contributed by atoms with van der Waals surface area (Å²) in [5.74, 6) is -5.44. The van der Waals surface area contributed by atoms with Gasteiger partial charge in [0.15, 0.2) is 5.78 Å². The van der Waals surface area contributed by atoms with Crippen molar-refractivity contribution in [2.24, 2.45) is 35.0 Å². The topological polar surface area (TPSA) is 245 Å². The predicted molar refractivity (Wildman–Crippen MR) is 307 cm³/mol. The van der Waals surface area contributed by atoms with Gasteiger partial charge in [-0.05, 0) is 94.7 Å². The van der Waals surface area contributed by atoms with Gasteiger partial charge in [0, 0.05) is 91.1 Å². The predicted octanol–water partition coefficient (Wildman–Crippen LogP) is 6.39. The van der Waals surface area contributed by atoms with Gasteiger partial charge in [0.25, 0.3) is 17.7 Å². The van der Waals surface area contributed by atoms with Crippen LogP contribution in [0.5, 0.6) is 0 Å². The van der Waals surface area contributed by atoms with Gasteiger partial charge in [-0.15, -0.1) is 5.06 Å². The molecule has 21 heteroatoms. The third-order valence-corrected chi connectivity index (χ3v) is 17.5. The number of rotatable bonds is 34. The average Bonchev–Trinajstić information content (AvgIpc) is 1.76. The maximum Gasteiger partial charge on any atom is 0.333 e. The summed E-state index contributed by atoms with van der Waals surface area (Å²) in [7, 11) is 6.67. The zero-order chi connectivity index (χ0) is 61.3. The van der Waals surface area contributed by atoms with E-state index in [1.807, 2.05) is 90.7 Å². The summed E-state index contributed by atoms with van der Waals surface area (Å²) in [6.45, 7) is 17.1. The lowest BCUT2D eigenvalue weighted by Crippen LogP contribution is -2.54. The van der Waals surface area contributed by atoms with E-state index in [0.29, 0.717) is 63.4 Å². The molecule has 3 heterocycles. The van der Waals surface area contributed by atoms with Crippen molar-refractivity contribution in [2.45, 2.75) is 200 Å². The molecule has 0 radical (unpaired) electrons. The number of carbonyl (C=O) groups excluding carboxylic acids is 10. The van der Waals surface area contributed by atoms with E-state index in [4.69, 9.17) is 23.9 Å². The van der Waals surface area contributed by atoms with Gasteiger partial charge >= 0.3 is 11.9 Å². The van der Waals surface area contributed by atoms with Crippen molar-refractivity contribution in [3.05, 3.63) is 35.9 Å². The van der Waals surface area contributed by atoms with E-state index in [1.54, 1.807) is 38.0 Å². The number of benzene rings is 1. The van der Waals surface area contributed by atoms with E-state index in [-0.39, 0.29) is 123 Å². The van der Waals surface area contributed by atoms with Crippen LogP contribution in [0.1, 0.15) is 170 Å². The van der Waals surface area contributed by atoms with Crippen LogP contribution in [0.15, 0.2) is 30.3 Å². The van der Waals surface area contributed by atoms with Gasteiger partial charge in [0.1, 0.15) is 11.9 Å². The monoisotopic (exact) mass is 1160 g/mol. The second-order valence-electron chi connectivity index (χ2n) is 24.3. The third-order valence-electron chi connectivity index (χ3n) is 17.5. The van der Waals surface area contributed by atoms with E-state index in [0.717, 1.165) is 18.4 Å². The number of ketones is 2. The summed E-state index contributed by atoms with van der Waals surface area (Å²) in [6, 6.07) is 8.35. The number of ether oxygens (including phenoxy) is 3. The molecule has 1 aromatic carbocycles. The minimum absolute atomic E-state index is 0.0167. The zero-order valence-corrected chi connectivity index (χ0v) is 51.5. The molecular formula is C62H96N6O15.